The van der Waals surface area contributed by atoms with Crippen LogP contribution in [0.1, 0.15) is 90.9 Å². The average molecular weight is 368 g/mol. The molecule has 1 aliphatic carbocycles. The molecule has 1 saturated carbocycles. The van der Waals surface area contributed by atoms with Gasteiger partial charge in [0.05, 0.1) is 0 Å². The zero-order valence-electron chi connectivity index (χ0n) is 18.2. The van der Waals surface area contributed by atoms with Crippen LogP contribution in [0.25, 0.3) is 0 Å². The molecule has 0 aromatic carbocycles. The molecule has 0 amide bonds. The number of rotatable bonds is 6. The Bertz CT molecular complexity index is 331. The number of carboxylic acids is 1. The number of nitrogens with zero attached hydrogens (tertiary/aromatic N) is 1. The molecule has 3 nitrogen and oxygen atoms in total. The third kappa shape index (κ3) is 30.8. The van der Waals surface area contributed by atoms with Crippen molar-refractivity contribution in [1.29, 1.82) is 0 Å². The van der Waals surface area contributed by atoms with Crippen molar-refractivity contribution in [3.05, 3.63) is 24.3 Å². The van der Waals surface area contributed by atoms with Gasteiger partial charge in [-0.15, -0.1) is 0 Å². The fraction of sp³-hybridized carbons (Fsp3) is 0.783. The molecule has 0 unspecified atom stereocenters. The monoisotopic (exact) mass is 367 g/mol. The fourth-order valence-electron chi connectivity index (χ4n) is 2.89. The van der Waals surface area contributed by atoms with Crippen LogP contribution in [0, 0.1) is 5.92 Å². The van der Waals surface area contributed by atoms with Crippen molar-refractivity contribution in [3.63, 3.8) is 0 Å². The van der Waals surface area contributed by atoms with Crippen LogP contribution >= 0.6 is 0 Å². The highest BCUT2D eigenvalue weighted by Crippen LogP contribution is 2.25. The van der Waals surface area contributed by atoms with Crippen LogP contribution < -0.4 is 0 Å². The molecule has 0 atom stereocenters. The molecule has 1 N–H and O–H groups in total. The molecule has 3 heteroatoms. The van der Waals surface area contributed by atoms with Crippen molar-refractivity contribution in [2.24, 2.45) is 5.92 Å². The van der Waals surface area contributed by atoms with Crippen LogP contribution in [0.2, 0.25) is 0 Å². The molecule has 26 heavy (non-hydrogen) atoms. The predicted octanol–water partition coefficient (Wildman–Crippen LogP) is 6.70. The van der Waals surface area contributed by atoms with Gasteiger partial charge in [0, 0.05) is 6.92 Å². The Hall–Kier alpha value is -1.09. The van der Waals surface area contributed by atoms with Crippen molar-refractivity contribution in [2.75, 3.05) is 21.1 Å². The Morgan fingerprint density at radius 3 is 1.81 bits per heavy atom. The largest absolute Gasteiger partial charge is 0.481 e. The summed E-state index contributed by atoms with van der Waals surface area (Å²) < 4.78 is 0. The van der Waals surface area contributed by atoms with E-state index >= 15 is 0 Å². The zero-order valence-corrected chi connectivity index (χ0v) is 18.2. The van der Waals surface area contributed by atoms with Gasteiger partial charge >= 0.3 is 0 Å². The maximum atomic E-state index is 9.00. The summed E-state index contributed by atoms with van der Waals surface area (Å²) in [5, 5.41) is 7.42. The molecule has 0 spiro atoms. The standard InChI is InChI=1S/C18H32.C3H9N.C2H4O2/c1-2-3-4-5-6-9-12-15-18-16-13-10-7-8-11-14-17-18;1-4(2)3;1-2(3)4/h3-4,6,9,18H,2,5,7-8,10-17H2,1H3;1-3H3;1H3,(H,3,4). The lowest BCUT2D eigenvalue weighted by Crippen LogP contribution is -1.99. The van der Waals surface area contributed by atoms with Crippen molar-refractivity contribution >= 4 is 5.97 Å². The first-order chi connectivity index (χ1) is 12.4. The fourth-order valence-corrected chi connectivity index (χ4v) is 2.89. The maximum absolute atomic E-state index is 9.00. The minimum atomic E-state index is -0.833. The van der Waals surface area contributed by atoms with E-state index in [1.165, 1.54) is 64.2 Å². The lowest BCUT2D eigenvalue weighted by molar-refractivity contribution is -0.134. The maximum Gasteiger partial charge on any atom is 0.300 e. The van der Waals surface area contributed by atoms with Gasteiger partial charge in [0.25, 0.3) is 5.97 Å². The molecule has 0 aliphatic heterocycles. The van der Waals surface area contributed by atoms with Crippen LogP contribution in [0.3, 0.4) is 0 Å². The molecule has 0 aromatic heterocycles. The minimum absolute atomic E-state index is 0.833. The van der Waals surface area contributed by atoms with Crippen LogP contribution in [0.4, 0.5) is 0 Å². The van der Waals surface area contributed by atoms with Crippen molar-refractivity contribution < 1.29 is 9.90 Å². The summed E-state index contributed by atoms with van der Waals surface area (Å²) >= 11 is 0. The summed E-state index contributed by atoms with van der Waals surface area (Å²) in [4.78, 5) is 11.0. The molecule has 154 valence electrons. The van der Waals surface area contributed by atoms with E-state index in [0.717, 1.165) is 25.7 Å². The Balaban J connectivity index is 0. The van der Waals surface area contributed by atoms with Crippen molar-refractivity contribution in [2.45, 2.75) is 90.9 Å². The van der Waals surface area contributed by atoms with E-state index in [4.69, 9.17) is 9.90 Å². The number of carboxylic acid groups (broad SMARTS) is 1. The number of allylic oxidation sites excluding steroid dienone is 4. The Labute approximate surface area is 163 Å². The third-order valence-corrected chi connectivity index (χ3v) is 4.06. The van der Waals surface area contributed by atoms with Gasteiger partial charge in [-0.3, -0.25) is 4.79 Å². The number of carbonyl (C=O) groups is 1. The van der Waals surface area contributed by atoms with Gasteiger partial charge in [-0.25, -0.2) is 0 Å². The van der Waals surface area contributed by atoms with E-state index in [1.807, 2.05) is 26.0 Å². The van der Waals surface area contributed by atoms with Crippen LogP contribution in [0.5, 0.6) is 0 Å². The molecular weight excluding hydrogens is 322 g/mol. The third-order valence-electron chi connectivity index (χ3n) is 4.06. The van der Waals surface area contributed by atoms with Crippen LogP contribution in [-0.4, -0.2) is 37.1 Å². The molecule has 0 radical (unpaired) electrons. The van der Waals surface area contributed by atoms with Crippen molar-refractivity contribution in [1.82, 2.24) is 4.90 Å². The smallest absolute Gasteiger partial charge is 0.300 e. The summed E-state index contributed by atoms with van der Waals surface area (Å²) in [6.07, 6.45) is 26.1. The summed E-state index contributed by atoms with van der Waals surface area (Å²) in [7, 11) is 6.00. The first-order valence-electron chi connectivity index (χ1n) is 10.5. The topological polar surface area (TPSA) is 40.5 Å². The van der Waals surface area contributed by atoms with Gasteiger partial charge in [0.1, 0.15) is 0 Å². The van der Waals surface area contributed by atoms with E-state index < -0.39 is 5.97 Å². The van der Waals surface area contributed by atoms with E-state index in [2.05, 4.69) is 31.2 Å². The van der Waals surface area contributed by atoms with Crippen molar-refractivity contribution in [3.8, 4) is 0 Å². The SMILES string of the molecule is CC(=O)O.CCC=CCC=CCCC1CCCCCCCC1.CN(C)C. The normalized spacial score (nSPS) is 16.2. The highest BCUT2D eigenvalue weighted by atomic mass is 16.4. The molecule has 0 saturated heterocycles. The lowest BCUT2D eigenvalue weighted by atomic mass is 9.92. The van der Waals surface area contributed by atoms with Gasteiger partial charge in [-0.1, -0.05) is 82.6 Å². The van der Waals surface area contributed by atoms with Gasteiger partial charge in [0.2, 0.25) is 0 Å². The van der Waals surface area contributed by atoms with E-state index in [0.29, 0.717) is 0 Å². The number of hydrogen-bond acceptors (Lipinski definition) is 2. The Morgan fingerprint density at radius 1 is 0.923 bits per heavy atom. The van der Waals surface area contributed by atoms with Gasteiger partial charge in [0.15, 0.2) is 0 Å². The van der Waals surface area contributed by atoms with Gasteiger partial charge in [-0.2, -0.15) is 0 Å². The highest BCUT2D eigenvalue weighted by molar-refractivity contribution is 5.62. The second-order valence-corrected chi connectivity index (χ2v) is 7.59. The molecule has 0 bridgehead atoms. The van der Waals surface area contributed by atoms with Crippen LogP contribution in [-0.2, 0) is 4.79 Å². The molecule has 0 aromatic rings. The molecule has 1 rings (SSSR count). The molecule has 1 aliphatic rings. The average Bonchev–Trinajstić information content (AvgIpc) is 2.67. The van der Waals surface area contributed by atoms with Gasteiger partial charge < -0.3 is 10.0 Å². The highest BCUT2D eigenvalue weighted by Gasteiger charge is 2.09. The Kier molecular flexibility index (Phi) is 22.9. The first kappa shape index (κ1) is 27.1. The summed E-state index contributed by atoms with van der Waals surface area (Å²) in [6.45, 7) is 3.28. The molecule has 1 fully saturated rings. The second kappa shape index (κ2) is 22.0. The molecular formula is C23H45NO2. The summed E-state index contributed by atoms with van der Waals surface area (Å²) in [6, 6.07) is 0. The molecule has 0 heterocycles. The Morgan fingerprint density at radius 2 is 1.35 bits per heavy atom. The van der Waals surface area contributed by atoms with E-state index in [1.54, 1.807) is 0 Å². The summed E-state index contributed by atoms with van der Waals surface area (Å²) in [5.74, 6) is 0.180. The number of aliphatic carboxylic acids is 1. The number of hydrogen-bond donors (Lipinski definition) is 1. The first-order valence-corrected chi connectivity index (χ1v) is 10.5. The quantitative estimate of drug-likeness (QED) is 0.531. The minimum Gasteiger partial charge on any atom is -0.481 e. The lowest BCUT2D eigenvalue weighted by Gasteiger charge is -2.14. The van der Waals surface area contributed by atoms with E-state index in [9.17, 15) is 0 Å². The zero-order chi connectivity index (χ0) is 20.0. The van der Waals surface area contributed by atoms with Gasteiger partial charge in [-0.05, 0) is 52.7 Å². The predicted molar refractivity (Wildman–Crippen MR) is 116 cm³/mol. The second-order valence-electron chi connectivity index (χ2n) is 7.59. The van der Waals surface area contributed by atoms with Crippen LogP contribution in [0.15, 0.2) is 24.3 Å². The summed E-state index contributed by atoms with van der Waals surface area (Å²) in [5.41, 5.74) is 0. The van der Waals surface area contributed by atoms with E-state index in [-0.39, 0.29) is 0 Å².